The molecule has 0 aliphatic heterocycles. The number of carbonyl (C=O) groups is 1. The van der Waals surface area contributed by atoms with E-state index in [-0.39, 0.29) is 5.22 Å². The number of rotatable bonds is 3. The minimum absolute atomic E-state index is 0.257. The third kappa shape index (κ3) is 2.63. The summed E-state index contributed by atoms with van der Waals surface area (Å²) in [4.78, 5) is 10.6. The molecule has 70 valence electrons. The molecule has 1 rings (SSSR count). The molecule has 1 aromatic rings. The van der Waals surface area contributed by atoms with Gasteiger partial charge in [0.25, 0.3) is 0 Å². The van der Waals surface area contributed by atoms with Gasteiger partial charge in [-0.3, -0.25) is 0 Å². The molecule has 4 heteroatoms. The lowest BCUT2D eigenvalue weighted by atomic mass is 10.2. The van der Waals surface area contributed by atoms with E-state index >= 15 is 0 Å². The van der Waals surface area contributed by atoms with Crippen LogP contribution in [0.15, 0.2) is 22.1 Å². The van der Waals surface area contributed by atoms with E-state index in [1.165, 1.54) is 6.08 Å². The molecule has 0 saturated carbocycles. The molecule has 3 nitrogen and oxygen atoms in total. The Morgan fingerprint density at radius 1 is 1.69 bits per heavy atom. The van der Waals surface area contributed by atoms with Crippen molar-refractivity contribution >= 4 is 23.6 Å². The molecule has 0 saturated heterocycles. The summed E-state index contributed by atoms with van der Waals surface area (Å²) < 4.78 is 4.99. The van der Waals surface area contributed by atoms with Crippen molar-refractivity contribution in [1.82, 2.24) is 0 Å². The molecule has 1 N–H and O–H groups in total. The van der Waals surface area contributed by atoms with Gasteiger partial charge in [0.2, 0.25) is 0 Å². The first-order valence-corrected chi connectivity index (χ1v) is 4.20. The zero-order chi connectivity index (χ0) is 9.84. The summed E-state index contributed by atoms with van der Waals surface area (Å²) in [5.74, 6) is -0.473. The number of halogens is 1. The van der Waals surface area contributed by atoms with Crippen LogP contribution in [-0.4, -0.2) is 11.1 Å². The predicted molar refractivity (Wildman–Crippen MR) is 49.6 cm³/mol. The first-order chi connectivity index (χ1) is 6.13. The van der Waals surface area contributed by atoms with Crippen molar-refractivity contribution < 1.29 is 14.3 Å². The van der Waals surface area contributed by atoms with Crippen LogP contribution in [0.5, 0.6) is 0 Å². The molecule has 0 unspecified atom stereocenters. The summed E-state index contributed by atoms with van der Waals surface area (Å²) in [6.07, 6.45) is 1.92. The molecule has 0 aromatic carbocycles. The molecule has 0 spiro atoms. The SMILES string of the molecule is CC/C(=C\c1ccc(Cl)o1)C(=O)O. The van der Waals surface area contributed by atoms with Gasteiger partial charge >= 0.3 is 5.97 Å². The fourth-order valence-electron chi connectivity index (χ4n) is 0.893. The van der Waals surface area contributed by atoms with Gasteiger partial charge in [-0.15, -0.1) is 0 Å². The fraction of sp³-hybridized carbons (Fsp3) is 0.222. The van der Waals surface area contributed by atoms with Crippen molar-refractivity contribution in [3.05, 3.63) is 28.7 Å². The Hall–Kier alpha value is -1.22. The second kappa shape index (κ2) is 4.14. The number of hydrogen-bond donors (Lipinski definition) is 1. The highest BCUT2D eigenvalue weighted by Crippen LogP contribution is 2.16. The van der Waals surface area contributed by atoms with Gasteiger partial charge in [-0.25, -0.2) is 4.79 Å². The van der Waals surface area contributed by atoms with Crippen molar-refractivity contribution in [3.8, 4) is 0 Å². The Morgan fingerprint density at radius 2 is 2.38 bits per heavy atom. The standard InChI is InChI=1S/C9H9ClO3/c1-2-6(9(11)12)5-7-3-4-8(10)13-7/h3-5H,2H2,1H3,(H,11,12)/b6-5+. The van der Waals surface area contributed by atoms with Gasteiger partial charge in [-0.2, -0.15) is 0 Å². The Morgan fingerprint density at radius 3 is 2.77 bits per heavy atom. The smallest absolute Gasteiger partial charge is 0.331 e. The van der Waals surface area contributed by atoms with Crippen LogP contribution in [0.2, 0.25) is 5.22 Å². The second-order valence-corrected chi connectivity index (χ2v) is 2.84. The summed E-state index contributed by atoms with van der Waals surface area (Å²) in [6, 6.07) is 3.20. The molecule has 0 atom stereocenters. The lowest BCUT2D eigenvalue weighted by molar-refractivity contribution is -0.132. The zero-order valence-electron chi connectivity index (χ0n) is 7.08. The van der Waals surface area contributed by atoms with Crippen molar-refractivity contribution in [1.29, 1.82) is 0 Å². The molecule has 0 aliphatic rings. The van der Waals surface area contributed by atoms with Gasteiger partial charge < -0.3 is 9.52 Å². The van der Waals surface area contributed by atoms with Crippen LogP contribution >= 0.6 is 11.6 Å². The Kier molecular flexibility index (Phi) is 3.14. The normalized spacial score (nSPS) is 11.7. The van der Waals surface area contributed by atoms with Crippen molar-refractivity contribution in [2.45, 2.75) is 13.3 Å². The number of hydrogen-bond acceptors (Lipinski definition) is 2. The highest BCUT2D eigenvalue weighted by atomic mass is 35.5. The lowest BCUT2D eigenvalue weighted by Gasteiger charge is -1.94. The molecule has 0 radical (unpaired) electrons. The maximum Gasteiger partial charge on any atom is 0.331 e. The average molecular weight is 201 g/mol. The minimum Gasteiger partial charge on any atom is -0.478 e. The number of furan rings is 1. The summed E-state index contributed by atoms with van der Waals surface area (Å²) >= 11 is 5.52. The van der Waals surface area contributed by atoms with Crippen LogP contribution in [0, 0.1) is 0 Å². The molecule has 0 fully saturated rings. The quantitative estimate of drug-likeness (QED) is 0.764. The lowest BCUT2D eigenvalue weighted by Crippen LogP contribution is -1.98. The van der Waals surface area contributed by atoms with Crippen LogP contribution < -0.4 is 0 Å². The molecule has 1 aromatic heterocycles. The van der Waals surface area contributed by atoms with Crippen molar-refractivity contribution in [2.24, 2.45) is 0 Å². The molecule has 0 aliphatic carbocycles. The summed E-state index contributed by atoms with van der Waals surface area (Å²) in [7, 11) is 0. The largest absolute Gasteiger partial charge is 0.478 e. The highest BCUT2D eigenvalue weighted by Gasteiger charge is 2.05. The van der Waals surface area contributed by atoms with Gasteiger partial charge in [-0.05, 0) is 36.2 Å². The molecule has 0 bridgehead atoms. The first kappa shape index (κ1) is 9.86. The van der Waals surface area contributed by atoms with Crippen LogP contribution in [-0.2, 0) is 4.79 Å². The highest BCUT2D eigenvalue weighted by molar-refractivity contribution is 6.28. The maximum absolute atomic E-state index is 10.6. The van der Waals surface area contributed by atoms with Crippen molar-refractivity contribution in [2.75, 3.05) is 0 Å². The fourth-order valence-corrected chi connectivity index (χ4v) is 1.04. The monoisotopic (exact) mass is 200 g/mol. The van der Waals surface area contributed by atoms with Crippen molar-refractivity contribution in [3.63, 3.8) is 0 Å². The summed E-state index contributed by atoms with van der Waals surface area (Å²) in [5.41, 5.74) is 0.297. The number of aliphatic carboxylic acids is 1. The van der Waals surface area contributed by atoms with Crippen LogP contribution in [0.4, 0.5) is 0 Å². The molecular weight excluding hydrogens is 192 g/mol. The third-order valence-corrected chi connectivity index (χ3v) is 1.77. The Labute approximate surface area is 80.6 Å². The van der Waals surface area contributed by atoms with Gasteiger partial charge in [0.05, 0.1) is 0 Å². The predicted octanol–water partition coefficient (Wildman–Crippen LogP) is 2.81. The summed E-state index contributed by atoms with van der Waals surface area (Å²) in [5, 5.41) is 8.95. The van der Waals surface area contributed by atoms with E-state index in [4.69, 9.17) is 21.1 Å². The number of carboxylic acids is 1. The molecule has 1 heterocycles. The maximum atomic E-state index is 10.6. The topological polar surface area (TPSA) is 50.4 Å². The van der Waals surface area contributed by atoms with Gasteiger partial charge in [0, 0.05) is 5.57 Å². The van der Waals surface area contributed by atoms with E-state index in [2.05, 4.69) is 0 Å². The molecule has 13 heavy (non-hydrogen) atoms. The molecular formula is C9H9ClO3. The van der Waals surface area contributed by atoms with Gasteiger partial charge in [-0.1, -0.05) is 6.92 Å². The molecule has 0 amide bonds. The average Bonchev–Trinajstić information content (AvgIpc) is 2.46. The van der Waals surface area contributed by atoms with Crippen LogP contribution in [0.3, 0.4) is 0 Å². The summed E-state index contributed by atoms with van der Waals surface area (Å²) in [6.45, 7) is 1.77. The van der Waals surface area contributed by atoms with E-state index < -0.39 is 5.97 Å². The van der Waals surface area contributed by atoms with Gasteiger partial charge in [0.1, 0.15) is 5.76 Å². The third-order valence-electron chi connectivity index (χ3n) is 1.57. The van der Waals surface area contributed by atoms with E-state index in [1.54, 1.807) is 19.1 Å². The van der Waals surface area contributed by atoms with Gasteiger partial charge in [0.15, 0.2) is 5.22 Å². The van der Waals surface area contributed by atoms with Crippen LogP contribution in [0.25, 0.3) is 6.08 Å². The van der Waals surface area contributed by atoms with E-state index in [0.29, 0.717) is 17.8 Å². The Bertz CT molecular complexity index is 338. The number of carboxylic acid groups (broad SMARTS) is 1. The van der Waals surface area contributed by atoms with E-state index in [9.17, 15) is 4.79 Å². The van der Waals surface area contributed by atoms with Crippen LogP contribution in [0.1, 0.15) is 19.1 Å². The van der Waals surface area contributed by atoms with E-state index in [0.717, 1.165) is 0 Å². The second-order valence-electron chi connectivity index (χ2n) is 2.47. The minimum atomic E-state index is -0.935. The first-order valence-electron chi connectivity index (χ1n) is 3.82. The zero-order valence-corrected chi connectivity index (χ0v) is 7.84. The Balaban J connectivity index is 2.91. The van der Waals surface area contributed by atoms with E-state index in [1.807, 2.05) is 0 Å².